The monoisotopic (exact) mass is 196 g/mol. The third-order valence-corrected chi connectivity index (χ3v) is 1.82. The Hall–Kier alpha value is -1.13. The molecule has 0 atom stereocenters. The quantitative estimate of drug-likeness (QED) is 0.684. The molecule has 14 heavy (non-hydrogen) atoms. The Morgan fingerprint density at radius 3 is 2.93 bits per heavy atom. The molecule has 0 spiro atoms. The molecule has 0 aliphatic carbocycles. The van der Waals surface area contributed by atoms with Crippen LogP contribution in [0.5, 0.6) is 5.75 Å². The Balaban J connectivity index is 2.34. The standard InChI is InChI=1S/C10H16N2O2/c1-13-4-3-11-6-9-5-10(14-2)8-12-7-9/h5,7-8,11H,3-4,6H2,1-2H3. The number of nitrogens with one attached hydrogen (secondary N) is 1. The van der Waals surface area contributed by atoms with Crippen LogP contribution in [0.25, 0.3) is 0 Å². The van der Waals surface area contributed by atoms with Gasteiger partial charge in [0.2, 0.25) is 0 Å². The molecule has 78 valence electrons. The molecule has 1 aromatic rings. The lowest BCUT2D eigenvalue weighted by atomic mass is 10.3. The summed E-state index contributed by atoms with van der Waals surface area (Å²) >= 11 is 0. The minimum atomic E-state index is 0.720. The fourth-order valence-electron chi connectivity index (χ4n) is 1.08. The molecule has 1 heterocycles. The summed E-state index contributed by atoms with van der Waals surface area (Å²) in [5.74, 6) is 0.788. The van der Waals surface area contributed by atoms with Crippen LogP contribution in [-0.4, -0.2) is 32.4 Å². The molecule has 0 aliphatic heterocycles. The van der Waals surface area contributed by atoms with Gasteiger partial charge in [0, 0.05) is 26.4 Å². The van der Waals surface area contributed by atoms with Gasteiger partial charge in [0.25, 0.3) is 0 Å². The van der Waals surface area contributed by atoms with E-state index in [0.29, 0.717) is 0 Å². The van der Waals surface area contributed by atoms with E-state index >= 15 is 0 Å². The van der Waals surface area contributed by atoms with Gasteiger partial charge in [-0.15, -0.1) is 0 Å². The summed E-state index contributed by atoms with van der Waals surface area (Å²) in [6.45, 7) is 2.35. The van der Waals surface area contributed by atoms with Gasteiger partial charge >= 0.3 is 0 Å². The molecule has 0 bridgehead atoms. The van der Waals surface area contributed by atoms with Crippen LogP contribution in [0.1, 0.15) is 5.56 Å². The van der Waals surface area contributed by atoms with Crippen LogP contribution < -0.4 is 10.1 Å². The SMILES string of the molecule is COCCNCc1cncc(OC)c1. The van der Waals surface area contributed by atoms with E-state index in [0.717, 1.165) is 31.0 Å². The summed E-state index contributed by atoms with van der Waals surface area (Å²) in [4.78, 5) is 4.06. The van der Waals surface area contributed by atoms with Gasteiger partial charge in [0.1, 0.15) is 5.75 Å². The van der Waals surface area contributed by atoms with Crippen molar-refractivity contribution in [1.82, 2.24) is 10.3 Å². The second kappa shape index (κ2) is 6.34. The summed E-state index contributed by atoms with van der Waals surface area (Å²) in [5.41, 5.74) is 1.11. The maximum atomic E-state index is 5.07. The van der Waals surface area contributed by atoms with E-state index in [-0.39, 0.29) is 0 Å². The fraction of sp³-hybridized carbons (Fsp3) is 0.500. The highest BCUT2D eigenvalue weighted by atomic mass is 16.5. The van der Waals surface area contributed by atoms with E-state index in [4.69, 9.17) is 9.47 Å². The maximum absolute atomic E-state index is 5.07. The Labute approximate surface area is 84.3 Å². The highest BCUT2D eigenvalue weighted by molar-refractivity contribution is 5.23. The average molecular weight is 196 g/mol. The molecule has 0 amide bonds. The molecule has 4 heteroatoms. The molecule has 1 N–H and O–H groups in total. The summed E-state index contributed by atoms with van der Waals surface area (Å²) in [5, 5.41) is 3.23. The number of hydrogen-bond donors (Lipinski definition) is 1. The van der Waals surface area contributed by atoms with Crippen molar-refractivity contribution in [2.75, 3.05) is 27.4 Å². The van der Waals surface area contributed by atoms with E-state index < -0.39 is 0 Å². The lowest BCUT2D eigenvalue weighted by Gasteiger charge is -2.05. The first-order valence-corrected chi connectivity index (χ1v) is 4.54. The van der Waals surface area contributed by atoms with E-state index in [1.54, 1.807) is 20.4 Å². The Kier molecular flexibility index (Phi) is 4.96. The number of hydrogen-bond acceptors (Lipinski definition) is 4. The van der Waals surface area contributed by atoms with Crippen LogP contribution in [0.15, 0.2) is 18.5 Å². The van der Waals surface area contributed by atoms with Crippen molar-refractivity contribution in [3.05, 3.63) is 24.0 Å². The molecule has 0 fully saturated rings. The molecule has 0 unspecified atom stereocenters. The van der Waals surface area contributed by atoms with E-state index in [2.05, 4.69) is 10.3 Å². The zero-order valence-electron chi connectivity index (χ0n) is 8.62. The van der Waals surface area contributed by atoms with E-state index in [9.17, 15) is 0 Å². The van der Waals surface area contributed by atoms with Gasteiger partial charge in [-0.25, -0.2) is 0 Å². The summed E-state index contributed by atoms with van der Waals surface area (Å²) < 4.78 is 9.99. The van der Waals surface area contributed by atoms with Crippen molar-refractivity contribution < 1.29 is 9.47 Å². The number of rotatable bonds is 6. The molecule has 4 nitrogen and oxygen atoms in total. The van der Waals surface area contributed by atoms with Crippen LogP contribution in [0.3, 0.4) is 0 Å². The second-order valence-corrected chi connectivity index (χ2v) is 2.90. The number of pyridine rings is 1. The molecule has 0 aliphatic rings. The van der Waals surface area contributed by atoms with Crippen molar-refractivity contribution in [1.29, 1.82) is 0 Å². The van der Waals surface area contributed by atoms with Crippen molar-refractivity contribution in [3.8, 4) is 5.75 Å². The molecule has 1 aromatic heterocycles. The third kappa shape index (κ3) is 3.72. The fourth-order valence-corrected chi connectivity index (χ4v) is 1.08. The summed E-state index contributed by atoms with van der Waals surface area (Å²) in [7, 11) is 3.33. The smallest absolute Gasteiger partial charge is 0.137 e. The van der Waals surface area contributed by atoms with Crippen molar-refractivity contribution in [2.24, 2.45) is 0 Å². The number of aromatic nitrogens is 1. The minimum absolute atomic E-state index is 0.720. The lowest BCUT2D eigenvalue weighted by molar-refractivity contribution is 0.199. The molecule has 0 saturated heterocycles. The van der Waals surface area contributed by atoms with Gasteiger partial charge in [0.15, 0.2) is 0 Å². The molecule has 1 rings (SSSR count). The Morgan fingerprint density at radius 2 is 2.21 bits per heavy atom. The van der Waals surface area contributed by atoms with Crippen molar-refractivity contribution >= 4 is 0 Å². The highest BCUT2D eigenvalue weighted by Gasteiger charge is 1.95. The van der Waals surface area contributed by atoms with E-state index in [1.165, 1.54) is 0 Å². The lowest BCUT2D eigenvalue weighted by Crippen LogP contribution is -2.18. The molecular weight excluding hydrogens is 180 g/mol. The maximum Gasteiger partial charge on any atom is 0.137 e. The first kappa shape index (κ1) is 10.9. The Morgan fingerprint density at radius 1 is 1.36 bits per heavy atom. The van der Waals surface area contributed by atoms with Crippen LogP contribution in [0, 0.1) is 0 Å². The van der Waals surface area contributed by atoms with Crippen molar-refractivity contribution in [3.63, 3.8) is 0 Å². The van der Waals surface area contributed by atoms with Gasteiger partial charge in [-0.3, -0.25) is 4.98 Å². The topological polar surface area (TPSA) is 43.4 Å². The van der Waals surface area contributed by atoms with Crippen LogP contribution in [0.4, 0.5) is 0 Å². The van der Waals surface area contributed by atoms with Crippen molar-refractivity contribution in [2.45, 2.75) is 6.54 Å². The van der Waals surface area contributed by atoms with Gasteiger partial charge in [0.05, 0.1) is 19.9 Å². The first-order chi connectivity index (χ1) is 6.86. The van der Waals surface area contributed by atoms with E-state index in [1.807, 2.05) is 12.3 Å². The number of ether oxygens (including phenoxy) is 2. The van der Waals surface area contributed by atoms with Crippen LogP contribution in [-0.2, 0) is 11.3 Å². The van der Waals surface area contributed by atoms with Crippen LogP contribution in [0.2, 0.25) is 0 Å². The van der Waals surface area contributed by atoms with Gasteiger partial charge in [-0.05, 0) is 11.6 Å². The zero-order chi connectivity index (χ0) is 10.2. The molecule has 0 saturated carbocycles. The molecule has 0 aromatic carbocycles. The largest absolute Gasteiger partial charge is 0.495 e. The summed E-state index contributed by atoms with van der Waals surface area (Å²) in [6, 6.07) is 1.97. The average Bonchev–Trinajstić information content (AvgIpc) is 2.25. The van der Waals surface area contributed by atoms with Gasteiger partial charge in [-0.1, -0.05) is 0 Å². The number of nitrogens with zero attached hydrogens (tertiary/aromatic N) is 1. The van der Waals surface area contributed by atoms with Crippen LogP contribution >= 0.6 is 0 Å². The zero-order valence-corrected chi connectivity index (χ0v) is 8.62. The molecule has 0 radical (unpaired) electrons. The van der Waals surface area contributed by atoms with Gasteiger partial charge < -0.3 is 14.8 Å². The third-order valence-electron chi connectivity index (χ3n) is 1.82. The second-order valence-electron chi connectivity index (χ2n) is 2.90. The highest BCUT2D eigenvalue weighted by Crippen LogP contribution is 2.09. The minimum Gasteiger partial charge on any atom is -0.495 e. The first-order valence-electron chi connectivity index (χ1n) is 4.54. The summed E-state index contributed by atoms with van der Waals surface area (Å²) in [6.07, 6.45) is 3.51. The normalized spacial score (nSPS) is 10.1. The molecular formula is C10H16N2O2. The predicted octanol–water partition coefficient (Wildman–Crippen LogP) is 0.826. The predicted molar refractivity (Wildman–Crippen MR) is 54.4 cm³/mol. The number of methoxy groups -OCH3 is 2. The Bertz CT molecular complexity index is 266. The van der Waals surface area contributed by atoms with Gasteiger partial charge in [-0.2, -0.15) is 0 Å².